The third-order valence-corrected chi connectivity index (χ3v) is 4.31. The molecule has 3 aromatic rings. The van der Waals surface area contributed by atoms with Gasteiger partial charge < -0.3 is 10.3 Å². The van der Waals surface area contributed by atoms with Gasteiger partial charge in [0.05, 0.1) is 10.7 Å². The molecule has 0 unspecified atom stereocenters. The molecule has 2 N–H and O–H groups in total. The van der Waals surface area contributed by atoms with E-state index in [1.807, 2.05) is 37.4 Å². The molecule has 5 heteroatoms. The zero-order chi connectivity index (χ0) is 15.0. The largest absolute Gasteiger partial charge is 0.361 e. The van der Waals surface area contributed by atoms with Gasteiger partial charge in [0.1, 0.15) is 4.88 Å². The average molecular weight is 299 g/mol. The maximum Gasteiger partial charge on any atom is 0.267 e. The molecule has 108 valence electrons. The van der Waals surface area contributed by atoms with Gasteiger partial charge in [0.15, 0.2) is 0 Å². The highest BCUT2D eigenvalue weighted by molar-refractivity contribution is 7.13. The smallest absolute Gasteiger partial charge is 0.267 e. The summed E-state index contributed by atoms with van der Waals surface area (Å²) in [7, 11) is 0. The lowest BCUT2D eigenvalue weighted by molar-refractivity contribution is 0.102. The molecule has 0 aliphatic rings. The van der Waals surface area contributed by atoms with Gasteiger partial charge in [-0.2, -0.15) is 0 Å². The van der Waals surface area contributed by atoms with E-state index < -0.39 is 0 Å². The molecule has 0 atom stereocenters. The Balaban J connectivity index is 1.88. The Morgan fingerprint density at radius 3 is 2.90 bits per heavy atom. The molecule has 2 aromatic heterocycles. The Hall–Kier alpha value is -2.14. The fourth-order valence-electron chi connectivity index (χ4n) is 2.32. The summed E-state index contributed by atoms with van der Waals surface area (Å²) < 4.78 is 0. The Morgan fingerprint density at radius 1 is 1.33 bits per heavy atom. The number of rotatable bonds is 3. The minimum Gasteiger partial charge on any atom is -0.361 e. The number of nitrogens with zero attached hydrogens (tertiary/aromatic N) is 1. The van der Waals surface area contributed by atoms with Crippen LogP contribution in [0.3, 0.4) is 0 Å². The number of hydrogen-bond donors (Lipinski definition) is 2. The third kappa shape index (κ3) is 2.69. The van der Waals surface area contributed by atoms with Gasteiger partial charge in [0.25, 0.3) is 5.91 Å². The molecule has 0 aliphatic heterocycles. The van der Waals surface area contributed by atoms with Crippen LogP contribution in [0.15, 0.2) is 30.5 Å². The summed E-state index contributed by atoms with van der Waals surface area (Å²) in [5, 5.41) is 4.97. The lowest BCUT2D eigenvalue weighted by atomic mass is 10.1. The Morgan fingerprint density at radius 2 is 2.14 bits per heavy atom. The molecule has 0 spiro atoms. The first kappa shape index (κ1) is 13.8. The molecule has 0 bridgehead atoms. The SMILES string of the molecule is Cc1nc(C(C)C)c(C(=O)Nc2ccc3[nH]ccc3c2)s1. The van der Waals surface area contributed by atoms with E-state index in [0.717, 1.165) is 27.3 Å². The molecule has 0 fully saturated rings. The Bertz CT molecular complexity index is 801. The van der Waals surface area contributed by atoms with Crippen molar-refractivity contribution in [2.45, 2.75) is 26.7 Å². The molecule has 0 radical (unpaired) electrons. The molecule has 0 saturated heterocycles. The predicted molar refractivity (Wildman–Crippen MR) is 87.2 cm³/mol. The number of amides is 1. The summed E-state index contributed by atoms with van der Waals surface area (Å²) in [5.74, 6) is 0.155. The van der Waals surface area contributed by atoms with Crippen LogP contribution in [0.5, 0.6) is 0 Å². The van der Waals surface area contributed by atoms with Crippen LogP contribution in [0, 0.1) is 6.92 Å². The molecular formula is C16H17N3OS. The minimum absolute atomic E-state index is 0.0841. The zero-order valence-corrected chi connectivity index (χ0v) is 13.0. The number of aromatic nitrogens is 2. The van der Waals surface area contributed by atoms with Crippen LogP contribution in [-0.4, -0.2) is 15.9 Å². The van der Waals surface area contributed by atoms with Crippen molar-refractivity contribution in [2.75, 3.05) is 5.32 Å². The number of aryl methyl sites for hydroxylation is 1. The van der Waals surface area contributed by atoms with Crippen molar-refractivity contribution < 1.29 is 4.79 Å². The van der Waals surface area contributed by atoms with Gasteiger partial charge in [-0.05, 0) is 37.1 Å². The highest BCUT2D eigenvalue weighted by Gasteiger charge is 2.19. The molecule has 1 aromatic carbocycles. The number of H-pyrrole nitrogens is 1. The van der Waals surface area contributed by atoms with Gasteiger partial charge in [-0.1, -0.05) is 13.8 Å². The van der Waals surface area contributed by atoms with Crippen LogP contribution in [0.2, 0.25) is 0 Å². The van der Waals surface area contributed by atoms with Crippen LogP contribution < -0.4 is 5.32 Å². The quantitative estimate of drug-likeness (QED) is 0.757. The van der Waals surface area contributed by atoms with Crippen molar-refractivity contribution >= 4 is 33.8 Å². The van der Waals surface area contributed by atoms with Gasteiger partial charge in [-0.15, -0.1) is 11.3 Å². The van der Waals surface area contributed by atoms with Crippen molar-refractivity contribution in [1.29, 1.82) is 0 Å². The van der Waals surface area contributed by atoms with Crippen LogP contribution in [-0.2, 0) is 0 Å². The van der Waals surface area contributed by atoms with E-state index in [1.54, 1.807) is 0 Å². The summed E-state index contributed by atoms with van der Waals surface area (Å²) >= 11 is 1.45. The predicted octanol–water partition coefficient (Wildman–Crippen LogP) is 4.31. The number of carbonyl (C=O) groups excluding carboxylic acids is 1. The van der Waals surface area contributed by atoms with Gasteiger partial charge in [0.2, 0.25) is 0 Å². The van der Waals surface area contributed by atoms with Crippen LogP contribution in [0.25, 0.3) is 10.9 Å². The first-order valence-electron chi connectivity index (χ1n) is 6.90. The lowest BCUT2D eigenvalue weighted by Crippen LogP contribution is -2.13. The normalized spacial score (nSPS) is 11.2. The van der Waals surface area contributed by atoms with Crippen molar-refractivity contribution in [3.63, 3.8) is 0 Å². The highest BCUT2D eigenvalue weighted by atomic mass is 32.1. The minimum atomic E-state index is -0.0841. The molecule has 0 saturated carbocycles. The number of thiazole rings is 1. The number of carbonyl (C=O) groups is 1. The molecular weight excluding hydrogens is 282 g/mol. The van der Waals surface area contributed by atoms with Crippen molar-refractivity contribution in [3.8, 4) is 0 Å². The van der Waals surface area contributed by atoms with Crippen LogP contribution >= 0.6 is 11.3 Å². The molecule has 3 rings (SSSR count). The zero-order valence-electron chi connectivity index (χ0n) is 12.2. The van der Waals surface area contributed by atoms with E-state index in [-0.39, 0.29) is 11.8 Å². The third-order valence-electron chi connectivity index (χ3n) is 3.32. The van der Waals surface area contributed by atoms with Gasteiger partial charge in [-0.25, -0.2) is 4.98 Å². The first-order chi connectivity index (χ1) is 10.0. The first-order valence-corrected chi connectivity index (χ1v) is 7.72. The number of fused-ring (bicyclic) bond motifs is 1. The second kappa shape index (κ2) is 5.33. The Kier molecular flexibility index (Phi) is 3.51. The maximum absolute atomic E-state index is 12.5. The maximum atomic E-state index is 12.5. The van der Waals surface area contributed by atoms with Crippen molar-refractivity contribution in [3.05, 3.63) is 46.0 Å². The van der Waals surface area contributed by atoms with Crippen molar-refractivity contribution in [1.82, 2.24) is 9.97 Å². The summed E-state index contributed by atoms with van der Waals surface area (Å²) in [6.45, 7) is 6.04. The number of aromatic amines is 1. The molecule has 0 aliphatic carbocycles. The lowest BCUT2D eigenvalue weighted by Gasteiger charge is -2.07. The van der Waals surface area contributed by atoms with Gasteiger partial charge in [0, 0.05) is 22.8 Å². The molecule has 2 heterocycles. The molecule has 4 nitrogen and oxygen atoms in total. The fourth-order valence-corrected chi connectivity index (χ4v) is 3.29. The standard InChI is InChI=1S/C16H17N3OS/c1-9(2)14-15(21-10(3)18-14)16(20)19-12-4-5-13-11(8-12)6-7-17-13/h4-9,17H,1-3H3,(H,19,20). The molecule has 21 heavy (non-hydrogen) atoms. The number of hydrogen-bond acceptors (Lipinski definition) is 3. The number of anilines is 1. The van der Waals surface area contributed by atoms with Crippen LogP contribution in [0.1, 0.15) is 40.1 Å². The Labute approximate surface area is 127 Å². The van der Waals surface area contributed by atoms with E-state index in [9.17, 15) is 4.79 Å². The van der Waals surface area contributed by atoms with E-state index in [2.05, 4.69) is 29.1 Å². The van der Waals surface area contributed by atoms with Crippen molar-refractivity contribution in [2.24, 2.45) is 0 Å². The topological polar surface area (TPSA) is 57.8 Å². The number of benzene rings is 1. The van der Waals surface area contributed by atoms with E-state index in [4.69, 9.17) is 0 Å². The second-order valence-electron chi connectivity index (χ2n) is 5.34. The molecule has 1 amide bonds. The van der Waals surface area contributed by atoms with E-state index in [0.29, 0.717) is 4.88 Å². The van der Waals surface area contributed by atoms with E-state index in [1.165, 1.54) is 11.3 Å². The summed E-state index contributed by atoms with van der Waals surface area (Å²) in [5.41, 5.74) is 2.73. The second-order valence-corrected chi connectivity index (χ2v) is 6.54. The number of nitrogens with one attached hydrogen (secondary N) is 2. The monoisotopic (exact) mass is 299 g/mol. The summed E-state index contributed by atoms with van der Waals surface area (Å²) in [6.07, 6.45) is 1.89. The van der Waals surface area contributed by atoms with Gasteiger partial charge in [-0.3, -0.25) is 4.79 Å². The summed E-state index contributed by atoms with van der Waals surface area (Å²) in [6, 6.07) is 7.82. The highest BCUT2D eigenvalue weighted by Crippen LogP contribution is 2.26. The average Bonchev–Trinajstić information content (AvgIpc) is 3.04. The van der Waals surface area contributed by atoms with Crippen LogP contribution in [0.4, 0.5) is 5.69 Å². The fraction of sp³-hybridized carbons (Fsp3) is 0.250. The van der Waals surface area contributed by atoms with E-state index >= 15 is 0 Å². The summed E-state index contributed by atoms with van der Waals surface area (Å²) in [4.78, 5) is 20.8. The van der Waals surface area contributed by atoms with Gasteiger partial charge >= 0.3 is 0 Å².